The van der Waals surface area contributed by atoms with Gasteiger partial charge in [-0.3, -0.25) is 4.79 Å². The zero-order valence-electron chi connectivity index (χ0n) is 17.9. The summed E-state index contributed by atoms with van der Waals surface area (Å²) < 4.78 is 0. The number of nitrogens with zero attached hydrogens (tertiary/aromatic N) is 3. The summed E-state index contributed by atoms with van der Waals surface area (Å²) in [7, 11) is 0. The Kier molecular flexibility index (Phi) is 5.79. The fourth-order valence-corrected chi connectivity index (χ4v) is 4.11. The first kappa shape index (κ1) is 20.1. The quantitative estimate of drug-likeness (QED) is 0.675. The number of rotatable bonds is 4. The molecule has 5 heteroatoms. The van der Waals surface area contributed by atoms with Crippen LogP contribution >= 0.6 is 0 Å². The lowest BCUT2D eigenvalue weighted by molar-refractivity contribution is -0.120. The van der Waals surface area contributed by atoms with E-state index in [1.165, 1.54) is 5.56 Å². The van der Waals surface area contributed by atoms with Gasteiger partial charge in [0.05, 0.1) is 5.69 Å². The Morgan fingerprint density at radius 3 is 2.27 bits per heavy atom. The number of anilines is 2. The van der Waals surface area contributed by atoms with Gasteiger partial charge in [0.25, 0.3) is 0 Å². The van der Waals surface area contributed by atoms with E-state index in [9.17, 15) is 4.79 Å². The molecule has 154 valence electrons. The third-order valence-electron chi connectivity index (χ3n) is 5.64. The summed E-state index contributed by atoms with van der Waals surface area (Å²) in [6.45, 7) is 7.79. The van der Waals surface area contributed by atoms with Gasteiger partial charge in [0.1, 0.15) is 0 Å². The molecular weight excluding hydrogens is 372 g/mol. The topological polar surface area (TPSA) is 58.1 Å². The van der Waals surface area contributed by atoms with Gasteiger partial charge in [-0.2, -0.15) is 0 Å². The van der Waals surface area contributed by atoms with Crippen LogP contribution in [0.4, 0.5) is 11.5 Å². The smallest absolute Gasteiger partial charge is 0.227 e. The molecule has 1 aliphatic heterocycles. The minimum absolute atomic E-state index is 0.0293. The number of aromatic nitrogens is 2. The summed E-state index contributed by atoms with van der Waals surface area (Å²) in [6.07, 6.45) is 1.63. The molecule has 0 atom stereocenters. The highest BCUT2D eigenvalue weighted by Gasteiger charge is 2.26. The molecule has 1 saturated heterocycles. The summed E-state index contributed by atoms with van der Waals surface area (Å²) in [5, 5.41) is 12.0. The Balaban J connectivity index is 1.35. The van der Waals surface area contributed by atoms with Gasteiger partial charge >= 0.3 is 0 Å². The molecule has 0 spiro atoms. The molecule has 4 rings (SSSR count). The van der Waals surface area contributed by atoms with Crippen molar-refractivity contribution in [3.05, 3.63) is 71.3 Å². The maximum absolute atomic E-state index is 12.7. The number of hydrogen-bond acceptors (Lipinski definition) is 4. The molecule has 2 heterocycles. The van der Waals surface area contributed by atoms with Crippen LogP contribution in [0.1, 0.15) is 29.5 Å². The van der Waals surface area contributed by atoms with Gasteiger partial charge in [-0.05, 0) is 75.1 Å². The number of piperidine rings is 1. The van der Waals surface area contributed by atoms with Gasteiger partial charge in [0.15, 0.2) is 5.82 Å². The van der Waals surface area contributed by atoms with E-state index in [2.05, 4.69) is 51.6 Å². The predicted octanol–water partition coefficient (Wildman–Crippen LogP) is 4.92. The third kappa shape index (κ3) is 4.67. The molecular formula is C25H28N4O. The lowest BCUT2D eigenvalue weighted by atomic mass is 9.95. The van der Waals surface area contributed by atoms with Crippen LogP contribution in [0.15, 0.2) is 54.6 Å². The maximum atomic E-state index is 12.7. The minimum atomic E-state index is 0.0293. The lowest BCUT2D eigenvalue weighted by Crippen LogP contribution is -2.38. The SMILES string of the molecule is Cc1cc(C)cc(NC(=O)C2CCN(c3ccc(-c4cccc(C)c4)nn3)CC2)c1. The van der Waals surface area contributed by atoms with Gasteiger partial charge in [-0.15, -0.1) is 10.2 Å². The van der Waals surface area contributed by atoms with Crippen LogP contribution in [0.25, 0.3) is 11.3 Å². The molecule has 0 bridgehead atoms. The fourth-order valence-electron chi connectivity index (χ4n) is 4.11. The summed E-state index contributed by atoms with van der Waals surface area (Å²) >= 11 is 0. The average Bonchev–Trinajstić information content (AvgIpc) is 2.73. The molecule has 30 heavy (non-hydrogen) atoms. The Morgan fingerprint density at radius 2 is 1.63 bits per heavy atom. The van der Waals surface area contributed by atoms with Crippen LogP contribution in [0.3, 0.4) is 0 Å². The molecule has 0 saturated carbocycles. The molecule has 1 amide bonds. The number of carbonyl (C=O) groups excluding carboxylic acids is 1. The summed E-state index contributed by atoms with van der Waals surface area (Å²) in [5.74, 6) is 1.02. The number of carbonyl (C=O) groups is 1. The second kappa shape index (κ2) is 8.66. The van der Waals surface area contributed by atoms with E-state index >= 15 is 0 Å². The second-order valence-electron chi connectivity index (χ2n) is 8.27. The van der Waals surface area contributed by atoms with Crippen LogP contribution in [0.5, 0.6) is 0 Å². The van der Waals surface area contributed by atoms with Crippen molar-refractivity contribution >= 4 is 17.4 Å². The van der Waals surface area contributed by atoms with Crippen LogP contribution in [-0.2, 0) is 4.79 Å². The highest BCUT2D eigenvalue weighted by atomic mass is 16.1. The number of nitrogens with one attached hydrogen (secondary N) is 1. The Bertz CT molecular complexity index is 1020. The zero-order valence-corrected chi connectivity index (χ0v) is 17.9. The summed E-state index contributed by atoms with van der Waals surface area (Å²) in [5.41, 5.74) is 6.37. The van der Waals surface area contributed by atoms with E-state index in [0.717, 1.165) is 59.8 Å². The van der Waals surface area contributed by atoms with Crippen molar-refractivity contribution in [2.24, 2.45) is 5.92 Å². The van der Waals surface area contributed by atoms with E-state index in [0.29, 0.717) is 0 Å². The number of aryl methyl sites for hydroxylation is 3. The van der Waals surface area contributed by atoms with Crippen LogP contribution in [0.2, 0.25) is 0 Å². The number of hydrogen-bond donors (Lipinski definition) is 1. The van der Waals surface area contributed by atoms with E-state index in [-0.39, 0.29) is 11.8 Å². The first-order valence-corrected chi connectivity index (χ1v) is 10.5. The van der Waals surface area contributed by atoms with Crippen molar-refractivity contribution in [2.45, 2.75) is 33.6 Å². The molecule has 2 aromatic carbocycles. The molecule has 1 fully saturated rings. The molecule has 0 radical (unpaired) electrons. The normalized spacial score (nSPS) is 14.6. The second-order valence-corrected chi connectivity index (χ2v) is 8.27. The molecule has 1 aliphatic rings. The fraction of sp³-hybridized carbons (Fsp3) is 0.320. The van der Waals surface area contributed by atoms with Crippen molar-refractivity contribution in [1.29, 1.82) is 0 Å². The van der Waals surface area contributed by atoms with Crippen molar-refractivity contribution < 1.29 is 4.79 Å². The van der Waals surface area contributed by atoms with E-state index in [1.54, 1.807) is 0 Å². The number of benzene rings is 2. The Labute approximate surface area is 178 Å². The Morgan fingerprint density at radius 1 is 0.900 bits per heavy atom. The largest absolute Gasteiger partial charge is 0.355 e. The average molecular weight is 401 g/mol. The van der Waals surface area contributed by atoms with Crippen molar-refractivity contribution in [2.75, 3.05) is 23.3 Å². The van der Waals surface area contributed by atoms with Crippen LogP contribution < -0.4 is 10.2 Å². The van der Waals surface area contributed by atoms with Gasteiger partial charge in [0.2, 0.25) is 5.91 Å². The molecule has 5 nitrogen and oxygen atoms in total. The maximum Gasteiger partial charge on any atom is 0.227 e. The number of amides is 1. The zero-order chi connectivity index (χ0) is 21.1. The van der Waals surface area contributed by atoms with Gasteiger partial charge in [-0.25, -0.2) is 0 Å². The highest BCUT2D eigenvalue weighted by molar-refractivity contribution is 5.92. The van der Waals surface area contributed by atoms with Crippen LogP contribution in [0, 0.1) is 26.7 Å². The lowest BCUT2D eigenvalue weighted by Gasteiger charge is -2.31. The van der Waals surface area contributed by atoms with Crippen LogP contribution in [-0.4, -0.2) is 29.2 Å². The molecule has 1 aromatic heterocycles. The summed E-state index contributed by atoms with van der Waals surface area (Å²) in [6, 6.07) is 18.5. The van der Waals surface area contributed by atoms with E-state index < -0.39 is 0 Å². The molecule has 0 unspecified atom stereocenters. The van der Waals surface area contributed by atoms with E-state index in [4.69, 9.17) is 0 Å². The molecule has 0 aliphatic carbocycles. The van der Waals surface area contributed by atoms with Crippen molar-refractivity contribution in [3.8, 4) is 11.3 Å². The summed E-state index contributed by atoms with van der Waals surface area (Å²) in [4.78, 5) is 14.9. The van der Waals surface area contributed by atoms with Gasteiger partial charge in [-0.1, -0.05) is 29.8 Å². The van der Waals surface area contributed by atoms with Crippen molar-refractivity contribution in [3.63, 3.8) is 0 Å². The molecule has 3 aromatic rings. The van der Waals surface area contributed by atoms with E-state index in [1.807, 2.05) is 44.2 Å². The monoisotopic (exact) mass is 400 g/mol. The predicted molar refractivity (Wildman–Crippen MR) is 122 cm³/mol. The van der Waals surface area contributed by atoms with Gasteiger partial charge < -0.3 is 10.2 Å². The van der Waals surface area contributed by atoms with Gasteiger partial charge in [0, 0.05) is 30.3 Å². The van der Waals surface area contributed by atoms with Crippen molar-refractivity contribution in [1.82, 2.24) is 10.2 Å². The Hall–Kier alpha value is -3.21. The first-order chi connectivity index (χ1) is 14.5. The third-order valence-corrected chi connectivity index (χ3v) is 5.64. The standard InChI is InChI=1S/C25H28N4O/c1-17-5-4-6-21(14-17)23-7-8-24(28-27-23)29-11-9-20(10-12-29)25(30)26-22-15-18(2)13-19(3)16-22/h4-8,13-16,20H,9-12H2,1-3H3,(H,26,30). The highest BCUT2D eigenvalue weighted by Crippen LogP contribution is 2.25. The molecule has 1 N–H and O–H groups in total. The first-order valence-electron chi connectivity index (χ1n) is 10.5. The minimum Gasteiger partial charge on any atom is -0.355 e.